The molecule has 3 N–H and O–H groups in total. The third kappa shape index (κ3) is 4.15. The Labute approximate surface area is 153 Å². The molecule has 7 heteroatoms. The van der Waals surface area contributed by atoms with Crippen molar-refractivity contribution >= 4 is 44.7 Å². The van der Waals surface area contributed by atoms with Crippen molar-refractivity contribution in [3.63, 3.8) is 0 Å². The highest BCUT2D eigenvalue weighted by molar-refractivity contribution is 7.18. The predicted octanol–water partition coefficient (Wildman–Crippen LogP) is 4.75. The van der Waals surface area contributed by atoms with Crippen molar-refractivity contribution < 1.29 is 9.18 Å². The molecule has 0 spiro atoms. The van der Waals surface area contributed by atoms with Crippen molar-refractivity contribution in [3.05, 3.63) is 58.3 Å². The lowest BCUT2D eigenvalue weighted by Gasteiger charge is -2.15. The number of para-hydroxylation sites is 1. The van der Waals surface area contributed by atoms with E-state index in [9.17, 15) is 9.18 Å². The van der Waals surface area contributed by atoms with Crippen LogP contribution in [0.3, 0.4) is 0 Å². The second-order valence-electron chi connectivity index (χ2n) is 5.88. The van der Waals surface area contributed by atoms with E-state index >= 15 is 0 Å². The number of amides is 1. The van der Waals surface area contributed by atoms with Crippen LogP contribution in [0, 0.1) is 11.7 Å². The Hall–Kier alpha value is -2.02. The maximum Gasteiger partial charge on any atom is 0.227 e. The number of hydrogen-bond acceptors (Lipinski definition) is 4. The van der Waals surface area contributed by atoms with Crippen LogP contribution in [-0.4, -0.2) is 10.9 Å². The van der Waals surface area contributed by atoms with Crippen LogP contribution in [0.15, 0.2) is 42.5 Å². The highest BCUT2D eigenvalue weighted by Crippen LogP contribution is 2.28. The Morgan fingerprint density at radius 1 is 1.36 bits per heavy atom. The molecule has 0 aliphatic carbocycles. The average molecular weight is 378 g/mol. The van der Waals surface area contributed by atoms with Gasteiger partial charge in [-0.05, 0) is 36.8 Å². The summed E-state index contributed by atoms with van der Waals surface area (Å²) in [5.74, 6) is -1.05. The van der Waals surface area contributed by atoms with E-state index in [-0.39, 0.29) is 22.9 Å². The second kappa shape index (κ2) is 7.47. The molecule has 0 saturated carbocycles. The number of rotatable bonds is 5. The molecule has 2 unspecified atom stereocenters. The lowest BCUT2D eigenvalue weighted by molar-refractivity contribution is -0.119. The molecule has 0 radical (unpaired) electrons. The van der Waals surface area contributed by atoms with E-state index in [0.717, 1.165) is 15.2 Å². The molecule has 0 aliphatic heterocycles. The monoisotopic (exact) mass is 377 g/mol. The van der Waals surface area contributed by atoms with Crippen LogP contribution >= 0.6 is 22.9 Å². The molecule has 3 rings (SSSR count). The van der Waals surface area contributed by atoms with Gasteiger partial charge < -0.3 is 11.1 Å². The molecule has 3 aromatic rings. The first-order chi connectivity index (χ1) is 11.9. The van der Waals surface area contributed by atoms with Crippen molar-refractivity contribution in [2.24, 2.45) is 11.7 Å². The minimum Gasteiger partial charge on any atom is -0.326 e. The molecule has 0 aliphatic rings. The van der Waals surface area contributed by atoms with Gasteiger partial charge in [0.2, 0.25) is 5.91 Å². The Kier molecular flexibility index (Phi) is 5.32. The van der Waals surface area contributed by atoms with Gasteiger partial charge in [0.05, 0.1) is 21.3 Å². The number of nitrogens with zero attached hydrogens (tertiary/aromatic N) is 1. The number of hydrogen-bond donors (Lipinski definition) is 2. The molecule has 0 fully saturated rings. The van der Waals surface area contributed by atoms with Crippen LogP contribution in [0.25, 0.3) is 10.2 Å². The summed E-state index contributed by atoms with van der Waals surface area (Å²) in [6.07, 6.45) is 0.459. The lowest BCUT2D eigenvalue weighted by atomic mass is 10.0. The van der Waals surface area contributed by atoms with Crippen LogP contribution in [0.1, 0.15) is 24.4 Å². The first-order valence-corrected chi connectivity index (χ1v) is 9.00. The van der Waals surface area contributed by atoms with E-state index in [2.05, 4.69) is 10.3 Å². The molecule has 130 valence electrons. The summed E-state index contributed by atoms with van der Waals surface area (Å²) in [5.41, 5.74) is 7.60. The fourth-order valence-electron chi connectivity index (χ4n) is 2.48. The third-order valence-corrected chi connectivity index (χ3v) is 5.33. The summed E-state index contributed by atoms with van der Waals surface area (Å²) >= 11 is 7.27. The van der Waals surface area contributed by atoms with Crippen LogP contribution in [-0.2, 0) is 4.79 Å². The summed E-state index contributed by atoms with van der Waals surface area (Å²) in [6.45, 7) is 1.80. The molecule has 1 aromatic heterocycles. The lowest BCUT2D eigenvalue weighted by Crippen LogP contribution is -2.24. The van der Waals surface area contributed by atoms with Gasteiger partial charge in [-0.1, -0.05) is 30.7 Å². The average Bonchev–Trinajstić information content (AvgIpc) is 3.02. The first-order valence-electron chi connectivity index (χ1n) is 7.81. The summed E-state index contributed by atoms with van der Waals surface area (Å²) in [7, 11) is 0. The number of fused-ring (bicyclic) bond motifs is 1. The maximum atomic E-state index is 13.2. The molecular formula is C18H17ClFN3OS. The summed E-state index contributed by atoms with van der Waals surface area (Å²) in [6, 6.07) is 11.6. The largest absolute Gasteiger partial charge is 0.326 e. The first kappa shape index (κ1) is 17.8. The van der Waals surface area contributed by atoms with E-state index in [4.69, 9.17) is 17.3 Å². The Morgan fingerprint density at radius 3 is 2.84 bits per heavy atom. The van der Waals surface area contributed by atoms with Crippen molar-refractivity contribution in [1.29, 1.82) is 0 Å². The van der Waals surface area contributed by atoms with E-state index in [1.54, 1.807) is 6.92 Å². The number of nitrogens with one attached hydrogen (secondary N) is 1. The molecule has 2 aromatic carbocycles. The van der Waals surface area contributed by atoms with E-state index in [0.29, 0.717) is 12.1 Å². The van der Waals surface area contributed by atoms with Gasteiger partial charge in [-0.2, -0.15) is 0 Å². The smallest absolute Gasteiger partial charge is 0.227 e. The molecule has 0 bridgehead atoms. The number of aromatic nitrogens is 1. The van der Waals surface area contributed by atoms with Gasteiger partial charge in [-0.3, -0.25) is 4.79 Å². The van der Waals surface area contributed by atoms with Gasteiger partial charge in [-0.25, -0.2) is 9.37 Å². The van der Waals surface area contributed by atoms with E-state index in [1.165, 1.54) is 29.5 Å². The molecule has 1 amide bonds. The Bertz CT molecular complexity index is 881. The number of benzene rings is 2. The highest BCUT2D eigenvalue weighted by Gasteiger charge is 2.20. The minimum atomic E-state index is -0.523. The van der Waals surface area contributed by atoms with Crippen LogP contribution in [0.5, 0.6) is 0 Å². The normalized spacial score (nSPS) is 13.6. The van der Waals surface area contributed by atoms with Crippen molar-refractivity contribution in [2.45, 2.75) is 19.4 Å². The zero-order valence-corrected chi connectivity index (χ0v) is 15.1. The van der Waals surface area contributed by atoms with Crippen LogP contribution in [0.4, 0.5) is 10.1 Å². The molecule has 0 saturated heterocycles. The fourth-order valence-corrected chi connectivity index (χ4v) is 3.64. The summed E-state index contributed by atoms with van der Waals surface area (Å²) < 4.78 is 14.3. The Balaban J connectivity index is 1.64. The van der Waals surface area contributed by atoms with Crippen LogP contribution < -0.4 is 11.1 Å². The van der Waals surface area contributed by atoms with Gasteiger partial charge in [0, 0.05) is 11.6 Å². The van der Waals surface area contributed by atoms with E-state index < -0.39 is 5.82 Å². The molecule has 4 nitrogen and oxygen atoms in total. The van der Waals surface area contributed by atoms with Gasteiger partial charge >= 0.3 is 0 Å². The number of nitrogens with two attached hydrogens (primary N) is 1. The SMILES string of the molecule is CC(CC(N)c1nc2ccccc2s1)C(=O)Nc1ccc(F)c(Cl)c1. The zero-order valence-electron chi connectivity index (χ0n) is 13.5. The quantitative estimate of drug-likeness (QED) is 0.674. The number of carbonyl (C=O) groups excluding carboxylic acids is 1. The summed E-state index contributed by atoms with van der Waals surface area (Å²) in [4.78, 5) is 16.9. The molecular weight excluding hydrogens is 361 g/mol. The number of halogens is 2. The molecule has 2 atom stereocenters. The Morgan fingerprint density at radius 2 is 2.12 bits per heavy atom. The predicted molar refractivity (Wildman–Crippen MR) is 100 cm³/mol. The minimum absolute atomic E-state index is 0.0309. The van der Waals surface area contributed by atoms with Gasteiger partial charge in [-0.15, -0.1) is 11.3 Å². The molecule has 1 heterocycles. The fraction of sp³-hybridized carbons (Fsp3) is 0.222. The van der Waals surface area contributed by atoms with Crippen molar-refractivity contribution in [3.8, 4) is 0 Å². The van der Waals surface area contributed by atoms with Crippen molar-refractivity contribution in [1.82, 2.24) is 4.98 Å². The number of carbonyl (C=O) groups is 1. The number of anilines is 1. The van der Waals surface area contributed by atoms with Gasteiger partial charge in [0.25, 0.3) is 0 Å². The zero-order chi connectivity index (χ0) is 18.0. The highest BCUT2D eigenvalue weighted by atomic mass is 35.5. The van der Waals surface area contributed by atoms with Gasteiger partial charge in [0.15, 0.2) is 0 Å². The standard InChI is InChI=1S/C18H17ClFN3OS/c1-10(17(24)22-11-6-7-13(20)12(19)9-11)8-14(21)18-23-15-4-2-3-5-16(15)25-18/h2-7,9-10,14H,8,21H2,1H3,(H,22,24). The van der Waals surface area contributed by atoms with Crippen LogP contribution in [0.2, 0.25) is 5.02 Å². The number of thiazole rings is 1. The second-order valence-corrected chi connectivity index (χ2v) is 7.35. The van der Waals surface area contributed by atoms with E-state index in [1.807, 2.05) is 24.3 Å². The maximum absolute atomic E-state index is 13.2. The summed E-state index contributed by atoms with van der Waals surface area (Å²) in [5, 5.41) is 3.51. The van der Waals surface area contributed by atoms with Gasteiger partial charge in [0.1, 0.15) is 10.8 Å². The molecule has 25 heavy (non-hydrogen) atoms. The third-order valence-electron chi connectivity index (χ3n) is 3.87. The topological polar surface area (TPSA) is 68.0 Å². The van der Waals surface area contributed by atoms with Crippen molar-refractivity contribution in [2.75, 3.05) is 5.32 Å².